The molecule has 2 N–H and O–H groups in total. The van der Waals surface area contributed by atoms with Crippen LogP contribution in [-0.4, -0.2) is 24.5 Å². The Morgan fingerprint density at radius 3 is 2.62 bits per heavy atom. The monoisotopic (exact) mass is 350 g/mol. The lowest BCUT2D eigenvalue weighted by atomic mass is 10.1. The second-order valence-electron chi connectivity index (χ2n) is 6.49. The maximum atomic E-state index is 12.1. The zero-order chi connectivity index (χ0) is 18.5. The zero-order valence-corrected chi connectivity index (χ0v) is 14.9. The molecule has 0 fully saturated rings. The van der Waals surface area contributed by atoms with Crippen LogP contribution in [0.1, 0.15) is 35.3 Å². The molecule has 0 aliphatic carbocycles. The number of carbonyl (C=O) groups is 2. The van der Waals surface area contributed by atoms with Gasteiger partial charge >= 0.3 is 0 Å². The number of hydrogen-bond acceptors (Lipinski definition) is 3. The Balaban J connectivity index is 1.58. The van der Waals surface area contributed by atoms with Gasteiger partial charge < -0.3 is 15.4 Å². The predicted octanol–water partition coefficient (Wildman–Crippen LogP) is 3.41. The molecule has 0 unspecified atom stereocenters. The zero-order valence-electron chi connectivity index (χ0n) is 14.9. The first-order valence-electron chi connectivity index (χ1n) is 8.67. The molecule has 0 saturated heterocycles. The van der Waals surface area contributed by atoms with Gasteiger partial charge in [0, 0.05) is 29.8 Å². The van der Waals surface area contributed by atoms with Gasteiger partial charge in [-0.3, -0.25) is 9.59 Å². The Morgan fingerprint density at radius 1 is 1.12 bits per heavy atom. The first-order valence-corrected chi connectivity index (χ1v) is 8.67. The number of fused-ring (bicyclic) bond motifs is 1. The molecule has 1 aliphatic heterocycles. The lowest BCUT2D eigenvalue weighted by Crippen LogP contribution is -2.29. The fourth-order valence-corrected chi connectivity index (χ4v) is 2.72. The van der Waals surface area contributed by atoms with E-state index in [1.54, 1.807) is 30.3 Å². The number of hydrogen-bond donors (Lipinski definition) is 2. The molecular weight excluding hydrogens is 328 g/mol. The molecule has 134 valence electrons. The molecule has 5 heteroatoms. The highest BCUT2D eigenvalue weighted by molar-refractivity contribution is 6.02. The van der Waals surface area contributed by atoms with Crippen LogP contribution in [0, 0.1) is 0 Å². The number of benzene rings is 2. The van der Waals surface area contributed by atoms with Gasteiger partial charge in [-0.25, -0.2) is 0 Å². The van der Waals surface area contributed by atoms with Gasteiger partial charge in [0.2, 0.25) is 5.91 Å². The third-order valence-corrected chi connectivity index (χ3v) is 3.98. The van der Waals surface area contributed by atoms with Gasteiger partial charge in [-0.05, 0) is 67.4 Å². The minimum atomic E-state index is -0.221. The third kappa shape index (κ3) is 4.51. The van der Waals surface area contributed by atoms with Crippen LogP contribution in [-0.2, 0) is 11.2 Å². The fourth-order valence-electron chi connectivity index (χ4n) is 2.72. The molecular formula is C21H22N2O3. The smallest absolute Gasteiger partial charge is 0.251 e. The average molecular weight is 350 g/mol. The van der Waals surface area contributed by atoms with E-state index in [1.165, 1.54) is 11.6 Å². The summed E-state index contributed by atoms with van der Waals surface area (Å²) < 4.78 is 5.47. The van der Waals surface area contributed by atoms with Crippen molar-refractivity contribution < 1.29 is 14.3 Å². The van der Waals surface area contributed by atoms with Crippen LogP contribution in [0.4, 0.5) is 5.69 Å². The lowest BCUT2D eigenvalue weighted by molar-refractivity contribution is -0.111. The molecule has 1 heterocycles. The molecule has 0 atom stereocenters. The van der Waals surface area contributed by atoms with E-state index in [1.807, 2.05) is 32.0 Å². The number of carbonyl (C=O) groups excluding carboxylic acids is 2. The van der Waals surface area contributed by atoms with Crippen LogP contribution < -0.4 is 15.4 Å². The molecule has 0 aromatic heterocycles. The number of rotatable bonds is 5. The summed E-state index contributed by atoms with van der Waals surface area (Å²) in [7, 11) is 0. The highest BCUT2D eigenvalue weighted by Gasteiger charge is 2.11. The molecule has 2 aromatic rings. The van der Waals surface area contributed by atoms with E-state index in [-0.39, 0.29) is 17.9 Å². The Bertz CT molecular complexity index is 839. The molecule has 0 radical (unpaired) electrons. The summed E-state index contributed by atoms with van der Waals surface area (Å²) in [5.41, 5.74) is 3.34. The third-order valence-electron chi connectivity index (χ3n) is 3.98. The number of nitrogens with one attached hydrogen (secondary N) is 2. The van der Waals surface area contributed by atoms with Gasteiger partial charge in [0.1, 0.15) is 5.75 Å². The molecule has 5 nitrogen and oxygen atoms in total. The van der Waals surface area contributed by atoms with Crippen LogP contribution in [0.2, 0.25) is 0 Å². The van der Waals surface area contributed by atoms with Crippen molar-refractivity contribution in [2.24, 2.45) is 0 Å². The van der Waals surface area contributed by atoms with Gasteiger partial charge in [0.15, 0.2) is 0 Å². The Morgan fingerprint density at radius 2 is 1.88 bits per heavy atom. The normalized spacial score (nSPS) is 12.7. The Kier molecular flexibility index (Phi) is 5.37. The summed E-state index contributed by atoms with van der Waals surface area (Å²) in [5.74, 6) is 0.577. The first-order chi connectivity index (χ1) is 12.5. The summed E-state index contributed by atoms with van der Waals surface area (Å²) in [6.45, 7) is 4.54. The summed E-state index contributed by atoms with van der Waals surface area (Å²) in [4.78, 5) is 24.0. The highest BCUT2D eigenvalue weighted by atomic mass is 16.5. The van der Waals surface area contributed by atoms with E-state index < -0.39 is 0 Å². The van der Waals surface area contributed by atoms with Crippen molar-refractivity contribution in [3.63, 3.8) is 0 Å². The largest absolute Gasteiger partial charge is 0.493 e. The quantitative estimate of drug-likeness (QED) is 0.812. The average Bonchev–Trinajstić information content (AvgIpc) is 3.07. The van der Waals surface area contributed by atoms with E-state index in [0.717, 1.165) is 17.7 Å². The van der Waals surface area contributed by atoms with Crippen LogP contribution in [0.25, 0.3) is 6.08 Å². The minimum absolute atomic E-state index is 0.0813. The summed E-state index contributed by atoms with van der Waals surface area (Å²) in [6.07, 6.45) is 4.18. The number of anilines is 1. The van der Waals surface area contributed by atoms with Crippen molar-refractivity contribution in [3.05, 3.63) is 65.2 Å². The molecule has 0 saturated carbocycles. The Hall–Kier alpha value is -3.08. The molecule has 26 heavy (non-hydrogen) atoms. The summed E-state index contributed by atoms with van der Waals surface area (Å²) in [5, 5.41) is 5.62. The second kappa shape index (κ2) is 7.87. The van der Waals surface area contributed by atoms with Crippen LogP contribution in [0.15, 0.2) is 48.5 Å². The van der Waals surface area contributed by atoms with E-state index in [4.69, 9.17) is 4.74 Å². The standard InChI is InChI=1S/C21H22N2O3/c1-14(2)22-21(25)16-5-7-18(8-6-16)23-20(24)10-4-15-3-9-19-17(13-15)11-12-26-19/h3-10,13-14H,11-12H2,1-2H3,(H,22,25)(H,23,24)/b10-4+. The van der Waals surface area contributed by atoms with Crippen molar-refractivity contribution in [2.45, 2.75) is 26.3 Å². The van der Waals surface area contributed by atoms with Crippen LogP contribution >= 0.6 is 0 Å². The van der Waals surface area contributed by atoms with E-state index in [0.29, 0.717) is 17.9 Å². The maximum absolute atomic E-state index is 12.1. The van der Waals surface area contributed by atoms with Gasteiger partial charge in [0.25, 0.3) is 5.91 Å². The Labute approximate surface area is 153 Å². The molecule has 3 rings (SSSR count). The van der Waals surface area contributed by atoms with Gasteiger partial charge in [-0.15, -0.1) is 0 Å². The summed E-state index contributed by atoms with van der Waals surface area (Å²) >= 11 is 0. The molecule has 2 aromatic carbocycles. The van der Waals surface area contributed by atoms with Gasteiger partial charge in [-0.1, -0.05) is 6.07 Å². The SMILES string of the molecule is CC(C)NC(=O)c1ccc(NC(=O)/C=C/c2ccc3c(c2)CCO3)cc1. The van der Waals surface area contributed by atoms with Crippen molar-refractivity contribution in [3.8, 4) is 5.75 Å². The van der Waals surface area contributed by atoms with Crippen molar-refractivity contribution >= 4 is 23.6 Å². The number of amides is 2. The molecule has 1 aliphatic rings. The number of ether oxygens (including phenoxy) is 1. The van der Waals surface area contributed by atoms with Crippen LogP contribution in [0.5, 0.6) is 5.75 Å². The van der Waals surface area contributed by atoms with Gasteiger partial charge in [-0.2, -0.15) is 0 Å². The van der Waals surface area contributed by atoms with E-state index >= 15 is 0 Å². The second-order valence-corrected chi connectivity index (χ2v) is 6.49. The van der Waals surface area contributed by atoms with Gasteiger partial charge in [0.05, 0.1) is 6.61 Å². The lowest BCUT2D eigenvalue weighted by Gasteiger charge is -2.09. The minimum Gasteiger partial charge on any atom is -0.493 e. The maximum Gasteiger partial charge on any atom is 0.251 e. The molecule has 0 bridgehead atoms. The molecule has 2 amide bonds. The highest BCUT2D eigenvalue weighted by Crippen LogP contribution is 2.26. The first kappa shape index (κ1) is 17.7. The van der Waals surface area contributed by atoms with E-state index in [2.05, 4.69) is 10.6 Å². The van der Waals surface area contributed by atoms with Crippen LogP contribution in [0.3, 0.4) is 0 Å². The van der Waals surface area contributed by atoms with Crippen molar-refractivity contribution in [2.75, 3.05) is 11.9 Å². The topological polar surface area (TPSA) is 67.4 Å². The van der Waals surface area contributed by atoms with Crippen molar-refractivity contribution in [1.29, 1.82) is 0 Å². The van der Waals surface area contributed by atoms with Crippen molar-refractivity contribution in [1.82, 2.24) is 5.32 Å². The fraction of sp³-hybridized carbons (Fsp3) is 0.238. The van der Waals surface area contributed by atoms with E-state index in [9.17, 15) is 9.59 Å². The predicted molar refractivity (Wildman–Crippen MR) is 102 cm³/mol. The molecule has 0 spiro atoms. The summed E-state index contributed by atoms with van der Waals surface area (Å²) in [6, 6.07) is 12.8.